The summed E-state index contributed by atoms with van der Waals surface area (Å²) in [6.07, 6.45) is 0.545. The van der Waals surface area contributed by atoms with Crippen LogP contribution in [0.3, 0.4) is 0 Å². The van der Waals surface area contributed by atoms with Crippen molar-refractivity contribution in [3.05, 3.63) is 0 Å². The van der Waals surface area contributed by atoms with Gasteiger partial charge in [-0.25, -0.2) is 0 Å². The van der Waals surface area contributed by atoms with E-state index < -0.39 is 10.4 Å². The standard InChI is InChI=1S/C6H9BrF2O2/c7-6(8,9)5(10)2-1-3-11-4-5/h10H,1-4H2. The molecule has 66 valence electrons. The van der Waals surface area contributed by atoms with Crippen LogP contribution in [0, 0.1) is 0 Å². The van der Waals surface area contributed by atoms with Gasteiger partial charge in [-0.05, 0) is 28.8 Å². The lowest BCUT2D eigenvalue weighted by Crippen LogP contribution is -2.50. The highest BCUT2D eigenvalue weighted by molar-refractivity contribution is 9.10. The molecule has 1 rings (SSSR count). The molecule has 5 heteroatoms. The van der Waals surface area contributed by atoms with Gasteiger partial charge >= 0.3 is 4.83 Å². The molecule has 1 aliphatic heterocycles. The number of ether oxygens (including phenoxy) is 1. The largest absolute Gasteiger partial charge is 0.380 e. The van der Waals surface area contributed by atoms with Crippen molar-refractivity contribution >= 4 is 15.9 Å². The first-order valence-corrected chi connectivity index (χ1v) is 4.12. The highest BCUT2D eigenvalue weighted by atomic mass is 79.9. The summed E-state index contributed by atoms with van der Waals surface area (Å²) < 4.78 is 29.9. The first-order valence-electron chi connectivity index (χ1n) is 3.33. The lowest BCUT2D eigenvalue weighted by atomic mass is 9.97. The first kappa shape index (κ1) is 9.35. The fraction of sp³-hybridized carbons (Fsp3) is 1.00. The molecule has 0 saturated carbocycles. The second-order valence-corrected chi connectivity index (χ2v) is 3.68. The summed E-state index contributed by atoms with van der Waals surface area (Å²) in [4.78, 5) is -3.25. The Labute approximate surface area is 71.7 Å². The van der Waals surface area contributed by atoms with Crippen LogP contribution in [-0.4, -0.2) is 28.8 Å². The van der Waals surface area contributed by atoms with Crippen LogP contribution in [0.2, 0.25) is 0 Å². The van der Waals surface area contributed by atoms with E-state index in [-0.39, 0.29) is 13.0 Å². The number of alkyl halides is 3. The third kappa shape index (κ3) is 1.89. The van der Waals surface area contributed by atoms with Crippen LogP contribution in [0.5, 0.6) is 0 Å². The normalized spacial score (nSPS) is 33.8. The van der Waals surface area contributed by atoms with Crippen LogP contribution in [0.1, 0.15) is 12.8 Å². The molecular formula is C6H9BrF2O2. The van der Waals surface area contributed by atoms with Crippen LogP contribution in [0.15, 0.2) is 0 Å². The zero-order chi connectivity index (χ0) is 8.54. The van der Waals surface area contributed by atoms with Gasteiger partial charge in [0.15, 0.2) is 5.60 Å². The number of halogens is 3. The second-order valence-electron chi connectivity index (χ2n) is 2.69. The maximum Gasteiger partial charge on any atom is 0.331 e. The maximum atomic E-state index is 12.6. The summed E-state index contributed by atoms with van der Waals surface area (Å²) >= 11 is 2.13. The molecule has 0 aromatic carbocycles. The van der Waals surface area contributed by atoms with Crippen molar-refractivity contribution in [2.45, 2.75) is 23.3 Å². The first-order chi connectivity index (χ1) is 4.96. The van der Waals surface area contributed by atoms with Gasteiger partial charge in [0.25, 0.3) is 0 Å². The highest BCUT2D eigenvalue weighted by Gasteiger charge is 2.51. The van der Waals surface area contributed by atoms with Gasteiger partial charge < -0.3 is 9.84 Å². The van der Waals surface area contributed by atoms with Crippen LogP contribution in [0.25, 0.3) is 0 Å². The van der Waals surface area contributed by atoms with E-state index in [9.17, 15) is 13.9 Å². The van der Waals surface area contributed by atoms with Gasteiger partial charge in [-0.15, -0.1) is 0 Å². The van der Waals surface area contributed by atoms with Gasteiger partial charge in [-0.2, -0.15) is 8.78 Å². The Morgan fingerprint density at radius 3 is 2.45 bits per heavy atom. The minimum Gasteiger partial charge on any atom is -0.380 e. The van der Waals surface area contributed by atoms with Gasteiger partial charge in [0.05, 0.1) is 6.61 Å². The zero-order valence-electron chi connectivity index (χ0n) is 5.82. The average Bonchev–Trinajstić information content (AvgIpc) is 1.87. The van der Waals surface area contributed by atoms with Gasteiger partial charge in [0.2, 0.25) is 0 Å². The smallest absolute Gasteiger partial charge is 0.331 e. The molecule has 0 aliphatic carbocycles. The summed E-state index contributed by atoms with van der Waals surface area (Å²) in [6.45, 7) is 0.149. The third-order valence-corrected chi connectivity index (χ3v) is 2.49. The molecular weight excluding hydrogens is 222 g/mol. The lowest BCUT2D eigenvalue weighted by molar-refractivity contribution is -0.176. The maximum absolute atomic E-state index is 12.6. The van der Waals surface area contributed by atoms with Crippen molar-refractivity contribution in [2.24, 2.45) is 0 Å². The molecule has 1 N–H and O–H groups in total. The Kier molecular flexibility index (Phi) is 2.51. The molecule has 1 atom stereocenters. The predicted octanol–water partition coefficient (Wildman–Crippen LogP) is 1.52. The fourth-order valence-electron chi connectivity index (χ4n) is 1.00. The Balaban J connectivity index is 2.64. The summed E-state index contributed by atoms with van der Waals surface area (Å²) in [6, 6.07) is 0. The number of aliphatic hydroxyl groups is 1. The van der Waals surface area contributed by atoms with Crippen molar-refractivity contribution in [3.63, 3.8) is 0 Å². The minimum absolute atomic E-state index is 0.0747. The molecule has 11 heavy (non-hydrogen) atoms. The summed E-state index contributed by atoms with van der Waals surface area (Å²) in [5.74, 6) is 0. The molecule has 0 spiro atoms. The number of hydrogen-bond donors (Lipinski definition) is 1. The molecule has 1 saturated heterocycles. The highest BCUT2D eigenvalue weighted by Crippen LogP contribution is 2.39. The summed E-state index contributed by atoms with van der Waals surface area (Å²) in [7, 11) is 0. The van der Waals surface area contributed by atoms with Crippen molar-refractivity contribution in [2.75, 3.05) is 13.2 Å². The Morgan fingerprint density at radius 1 is 1.55 bits per heavy atom. The van der Waals surface area contributed by atoms with Gasteiger partial charge in [0.1, 0.15) is 0 Å². The molecule has 0 aromatic rings. The Hall–Kier alpha value is 0.260. The third-order valence-electron chi connectivity index (χ3n) is 1.75. The minimum atomic E-state index is -3.25. The van der Waals surface area contributed by atoms with Crippen LogP contribution >= 0.6 is 15.9 Å². The van der Waals surface area contributed by atoms with E-state index >= 15 is 0 Å². The van der Waals surface area contributed by atoms with Crippen molar-refractivity contribution in [1.29, 1.82) is 0 Å². The average molecular weight is 231 g/mol. The molecule has 0 bridgehead atoms. The molecule has 1 aliphatic rings. The lowest BCUT2D eigenvalue weighted by Gasteiger charge is -2.35. The predicted molar refractivity (Wildman–Crippen MR) is 38.9 cm³/mol. The van der Waals surface area contributed by atoms with E-state index in [2.05, 4.69) is 15.9 Å². The quantitative estimate of drug-likeness (QED) is 0.693. The van der Waals surface area contributed by atoms with Crippen LogP contribution in [-0.2, 0) is 4.74 Å². The van der Waals surface area contributed by atoms with Crippen molar-refractivity contribution < 1.29 is 18.6 Å². The molecule has 2 nitrogen and oxygen atoms in total. The zero-order valence-corrected chi connectivity index (χ0v) is 7.40. The summed E-state index contributed by atoms with van der Waals surface area (Å²) in [5.41, 5.74) is -2.02. The molecule has 1 fully saturated rings. The molecule has 1 heterocycles. The van der Waals surface area contributed by atoms with E-state index in [1.807, 2.05) is 0 Å². The van der Waals surface area contributed by atoms with E-state index in [1.165, 1.54) is 0 Å². The van der Waals surface area contributed by atoms with E-state index in [1.54, 1.807) is 0 Å². The topological polar surface area (TPSA) is 29.5 Å². The fourth-order valence-corrected chi connectivity index (χ4v) is 1.32. The Bertz CT molecular complexity index is 140. The van der Waals surface area contributed by atoms with Crippen molar-refractivity contribution in [3.8, 4) is 0 Å². The summed E-state index contributed by atoms with van der Waals surface area (Å²) in [5, 5.41) is 9.29. The van der Waals surface area contributed by atoms with Gasteiger partial charge in [-0.1, -0.05) is 0 Å². The second kappa shape index (κ2) is 2.95. The van der Waals surface area contributed by atoms with Crippen LogP contribution < -0.4 is 0 Å². The molecule has 0 radical (unpaired) electrons. The van der Waals surface area contributed by atoms with Crippen LogP contribution in [0.4, 0.5) is 8.78 Å². The molecule has 0 amide bonds. The molecule has 1 unspecified atom stereocenters. The number of hydrogen-bond acceptors (Lipinski definition) is 2. The van der Waals surface area contributed by atoms with Crippen molar-refractivity contribution in [1.82, 2.24) is 0 Å². The monoisotopic (exact) mass is 230 g/mol. The van der Waals surface area contributed by atoms with E-state index in [0.29, 0.717) is 13.0 Å². The Morgan fingerprint density at radius 2 is 2.18 bits per heavy atom. The SMILES string of the molecule is OC1(C(F)(F)Br)CCCOC1. The van der Waals surface area contributed by atoms with E-state index in [0.717, 1.165) is 0 Å². The van der Waals surface area contributed by atoms with E-state index in [4.69, 9.17) is 4.74 Å². The van der Waals surface area contributed by atoms with Gasteiger partial charge in [-0.3, -0.25) is 0 Å². The molecule has 0 aromatic heterocycles. The van der Waals surface area contributed by atoms with Gasteiger partial charge in [0, 0.05) is 6.61 Å². The number of rotatable bonds is 1.